The van der Waals surface area contributed by atoms with E-state index in [1.165, 1.54) is 9.75 Å². The van der Waals surface area contributed by atoms with Crippen LogP contribution < -0.4 is 0 Å². The summed E-state index contributed by atoms with van der Waals surface area (Å²) < 4.78 is 0. The molecular weight excluding hydrogens is 288 g/mol. The van der Waals surface area contributed by atoms with E-state index in [4.69, 9.17) is 5.11 Å². The summed E-state index contributed by atoms with van der Waals surface area (Å²) in [6, 6.07) is 4.18. The van der Waals surface area contributed by atoms with Crippen LogP contribution in [0.3, 0.4) is 0 Å². The van der Waals surface area contributed by atoms with E-state index in [0.29, 0.717) is 6.42 Å². The van der Waals surface area contributed by atoms with E-state index >= 15 is 0 Å². The maximum atomic E-state index is 8.70. The molecule has 0 atom stereocenters. The Bertz CT molecular complexity index is 607. The van der Waals surface area contributed by atoms with Gasteiger partial charge in [-0.2, -0.15) is 0 Å². The standard InChI is InChI=1S/C15H18N2OS2/c1-12-15(19-11-16-12)10-17(2)9-14-7-6-13(20-14)5-3-4-8-18/h6-7,11,18H,4,8-10H2,1-2H3. The largest absolute Gasteiger partial charge is 0.395 e. The molecule has 0 saturated carbocycles. The maximum Gasteiger partial charge on any atom is 0.0798 e. The van der Waals surface area contributed by atoms with E-state index in [2.05, 4.69) is 47.8 Å². The molecule has 2 aromatic rings. The molecule has 0 aromatic carbocycles. The summed E-state index contributed by atoms with van der Waals surface area (Å²) in [7, 11) is 2.12. The molecular formula is C15H18N2OS2. The Morgan fingerprint density at radius 1 is 1.35 bits per heavy atom. The van der Waals surface area contributed by atoms with Crippen molar-refractivity contribution in [2.75, 3.05) is 13.7 Å². The smallest absolute Gasteiger partial charge is 0.0798 e. The van der Waals surface area contributed by atoms with Gasteiger partial charge in [0.1, 0.15) is 0 Å². The van der Waals surface area contributed by atoms with Crippen LogP contribution >= 0.6 is 22.7 Å². The van der Waals surface area contributed by atoms with Crippen molar-refractivity contribution in [1.82, 2.24) is 9.88 Å². The van der Waals surface area contributed by atoms with Crippen molar-refractivity contribution < 1.29 is 5.11 Å². The van der Waals surface area contributed by atoms with Crippen molar-refractivity contribution >= 4 is 22.7 Å². The van der Waals surface area contributed by atoms with Crippen molar-refractivity contribution in [3.8, 4) is 11.8 Å². The summed E-state index contributed by atoms with van der Waals surface area (Å²) in [5.74, 6) is 6.03. The molecule has 5 heteroatoms. The summed E-state index contributed by atoms with van der Waals surface area (Å²) in [6.45, 7) is 4.03. The fourth-order valence-electron chi connectivity index (χ4n) is 1.78. The minimum Gasteiger partial charge on any atom is -0.395 e. The van der Waals surface area contributed by atoms with E-state index < -0.39 is 0 Å². The van der Waals surface area contributed by atoms with Gasteiger partial charge in [-0.05, 0) is 26.1 Å². The quantitative estimate of drug-likeness (QED) is 0.863. The van der Waals surface area contributed by atoms with Crippen LogP contribution in [0, 0.1) is 18.8 Å². The Labute approximate surface area is 127 Å². The van der Waals surface area contributed by atoms with Gasteiger partial charge in [0.05, 0.1) is 22.7 Å². The second-order valence-corrected chi connectivity index (χ2v) is 6.68. The van der Waals surface area contributed by atoms with Crippen LogP contribution in [0.2, 0.25) is 0 Å². The zero-order valence-electron chi connectivity index (χ0n) is 11.7. The van der Waals surface area contributed by atoms with Gasteiger partial charge in [0.2, 0.25) is 0 Å². The maximum absolute atomic E-state index is 8.70. The van der Waals surface area contributed by atoms with Gasteiger partial charge in [-0.15, -0.1) is 22.7 Å². The third-order valence-electron chi connectivity index (χ3n) is 2.79. The molecule has 1 N–H and O–H groups in total. The second-order valence-electron chi connectivity index (χ2n) is 4.57. The minimum atomic E-state index is 0.127. The zero-order valence-corrected chi connectivity index (χ0v) is 13.4. The SMILES string of the molecule is Cc1ncsc1CN(C)Cc1ccc(C#CCCO)s1. The molecule has 0 amide bonds. The highest BCUT2D eigenvalue weighted by Gasteiger charge is 2.07. The first-order chi connectivity index (χ1) is 9.69. The van der Waals surface area contributed by atoms with Crippen molar-refractivity contribution in [3.05, 3.63) is 38.0 Å². The number of thiophene rings is 1. The van der Waals surface area contributed by atoms with Crippen molar-refractivity contribution in [2.24, 2.45) is 0 Å². The molecule has 106 valence electrons. The third-order valence-corrected chi connectivity index (χ3v) is 4.70. The molecule has 0 aliphatic carbocycles. The van der Waals surface area contributed by atoms with Crippen LogP contribution in [0.15, 0.2) is 17.6 Å². The molecule has 0 bridgehead atoms. The van der Waals surface area contributed by atoms with Gasteiger partial charge >= 0.3 is 0 Å². The van der Waals surface area contributed by atoms with Crippen molar-refractivity contribution in [1.29, 1.82) is 0 Å². The minimum absolute atomic E-state index is 0.127. The van der Waals surface area contributed by atoms with Gasteiger partial charge in [0, 0.05) is 29.3 Å². The van der Waals surface area contributed by atoms with E-state index in [0.717, 1.165) is 23.7 Å². The molecule has 0 saturated heterocycles. The molecule has 0 spiro atoms. The highest BCUT2D eigenvalue weighted by atomic mass is 32.1. The molecule has 20 heavy (non-hydrogen) atoms. The van der Waals surface area contributed by atoms with Gasteiger partial charge in [0.25, 0.3) is 0 Å². The lowest BCUT2D eigenvalue weighted by atomic mass is 10.3. The molecule has 0 aliphatic heterocycles. The van der Waals surface area contributed by atoms with Crippen LogP contribution in [0.4, 0.5) is 0 Å². The lowest BCUT2D eigenvalue weighted by Crippen LogP contribution is -2.16. The number of aryl methyl sites for hydroxylation is 1. The lowest BCUT2D eigenvalue weighted by molar-refractivity contribution is 0.305. The number of aliphatic hydroxyl groups is 1. The first-order valence-electron chi connectivity index (χ1n) is 6.45. The number of thiazole rings is 1. The summed E-state index contributed by atoms with van der Waals surface area (Å²) in [5, 5.41) is 8.70. The van der Waals surface area contributed by atoms with Crippen LogP contribution in [-0.2, 0) is 13.1 Å². The number of hydrogen-bond acceptors (Lipinski definition) is 5. The number of hydrogen-bond donors (Lipinski definition) is 1. The molecule has 2 aromatic heterocycles. The molecule has 0 aliphatic rings. The Balaban J connectivity index is 1.90. The summed E-state index contributed by atoms with van der Waals surface area (Å²) in [4.78, 5) is 10.3. The molecule has 0 unspecified atom stereocenters. The Morgan fingerprint density at radius 2 is 2.20 bits per heavy atom. The zero-order chi connectivity index (χ0) is 14.4. The normalized spacial score (nSPS) is 10.6. The van der Waals surface area contributed by atoms with Crippen molar-refractivity contribution in [2.45, 2.75) is 26.4 Å². The Morgan fingerprint density at radius 3 is 2.90 bits per heavy atom. The molecule has 3 nitrogen and oxygen atoms in total. The molecule has 2 rings (SSSR count). The van der Waals surface area contributed by atoms with Gasteiger partial charge in [-0.25, -0.2) is 4.98 Å². The van der Waals surface area contributed by atoms with Gasteiger partial charge in [-0.1, -0.05) is 11.8 Å². The first kappa shape index (κ1) is 15.2. The fraction of sp³-hybridized carbons (Fsp3) is 0.400. The topological polar surface area (TPSA) is 36.4 Å². The fourth-order valence-corrected chi connectivity index (χ4v) is 3.60. The van der Waals surface area contributed by atoms with Crippen LogP contribution in [0.1, 0.15) is 26.7 Å². The number of nitrogens with zero attached hydrogens (tertiary/aromatic N) is 2. The Kier molecular flexibility index (Phi) is 5.74. The molecule has 0 fully saturated rings. The second kappa shape index (κ2) is 7.55. The van der Waals surface area contributed by atoms with Crippen LogP contribution in [0.5, 0.6) is 0 Å². The number of rotatable bonds is 5. The predicted octanol–water partition coefficient (Wildman–Crippen LogP) is 2.88. The van der Waals surface area contributed by atoms with E-state index in [1.54, 1.807) is 22.7 Å². The van der Waals surface area contributed by atoms with E-state index in [-0.39, 0.29) is 6.61 Å². The van der Waals surface area contributed by atoms with Crippen LogP contribution in [0.25, 0.3) is 0 Å². The lowest BCUT2D eigenvalue weighted by Gasteiger charge is -2.14. The van der Waals surface area contributed by atoms with E-state index in [1.807, 2.05) is 5.51 Å². The van der Waals surface area contributed by atoms with Gasteiger partial charge in [0.15, 0.2) is 0 Å². The molecule has 2 heterocycles. The monoisotopic (exact) mass is 306 g/mol. The average molecular weight is 306 g/mol. The summed E-state index contributed by atoms with van der Waals surface area (Å²) in [6.07, 6.45) is 0.539. The van der Waals surface area contributed by atoms with Gasteiger partial charge in [-0.3, -0.25) is 4.90 Å². The Hall–Kier alpha value is -1.19. The third kappa shape index (κ3) is 4.43. The highest BCUT2D eigenvalue weighted by molar-refractivity contribution is 7.12. The summed E-state index contributed by atoms with van der Waals surface area (Å²) in [5.41, 5.74) is 3.03. The predicted molar refractivity (Wildman–Crippen MR) is 84.9 cm³/mol. The highest BCUT2D eigenvalue weighted by Crippen LogP contribution is 2.19. The van der Waals surface area contributed by atoms with Crippen LogP contribution in [-0.4, -0.2) is 28.6 Å². The van der Waals surface area contributed by atoms with Gasteiger partial charge < -0.3 is 5.11 Å². The summed E-state index contributed by atoms with van der Waals surface area (Å²) >= 11 is 3.43. The van der Waals surface area contributed by atoms with Crippen molar-refractivity contribution in [3.63, 3.8) is 0 Å². The van der Waals surface area contributed by atoms with E-state index in [9.17, 15) is 0 Å². The number of aromatic nitrogens is 1. The first-order valence-corrected chi connectivity index (χ1v) is 8.14. The number of aliphatic hydroxyl groups excluding tert-OH is 1. The molecule has 0 radical (unpaired) electrons. The average Bonchev–Trinajstić information content (AvgIpc) is 3.00.